The van der Waals surface area contributed by atoms with Gasteiger partial charge in [0.2, 0.25) is 17.7 Å². The molecule has 0 bridgehead atoms. The second-order valence-corrected chi connectivity index (χ2v) is 9.74. The Bertz CT molecular complexity index is 895. The summed E-state index contributed by atoms with van der Waals surface area (Å²) in [6.07, 6.45) is 3.07. The summed E-state index contributed by atoms with van der Waals surface area (Å²) in [5.74, 6) is -3.17. The van der Waals surface area contributed by atoms with Gasteiger partial charge < -0.3 is 43.4 Å². The van der Waals surface area contributed by atoms with Crippen LogP contribution in [0.15, 0.2) is 24.3 Å². The Labute approximate surface area is 224 Å². The summed E-state index contributed by atoms with van der Waals surface area (Å²) in [5.41, 5.74) is 18.0. The molecule has 12 nitrogen and oxygen atoms in total. The van der Waals surface area contributed by atoms with Gasteiger partial charge >= 0.3 is 5.97 Å². The average Bonchev–Trinajstić information content (AvgIpc) is 2.86. The lowest BCUT2D eigenvalue weighted by Crippen LogP contribution is -2.57. The van der Waals surface area contributed by atoms with E-state index in [-0.39, 0.29) is 30.9 Å². The van der Waals surface area contributed by atoms with Crippen LogP contribution < -0.4 is 33.2 Å². The molecule has 4 unspecified atom stereocenters. The molecule has 214 valence electrons. The molecule has 0 aliphatic rings. The quantitative estimate of drug-likeness (QED) is 0.115. The minimum atomic E-state index is -1.17. The van der Waals surface area contributed by atoms with Gasteiger partial charge in [-0.3, -0.25) is 14.4 Å². The van der Waals surface area contributed by atoms with Crippen molar-refractivity contribution < 1.29 is 29.4 Å². The molecule has 0 heterocycles. The van der Waals surface area contributed by atoms with Gasteiger partial charge in [0.1, 0.15) is 23.9 Å². The van der Waals surface area contributed by atoms with Crippen LogP contribution in [-0.4, -0.2) is 71.2 Å². The Morgan fingerprint density at radius 2 is 1.26 bits per heavy atom. The van der Waals surface area contributed by atoms with Gasteiger partial charge in [-0.2, -0.15) is 0 Å². The van der Waals surface area contributed by atoms with Gasteiger partial charge in [-0.1, -0.05) is 26.0 Å². The molecule has 3 amide bonds. The SMILES string of the molecule is CC(C)C(NC(=O)C(CCCCN)NC(=O)C(CCCCN)NC(=O)C(N)Cc1ccc(O)cc1)C(=O)O. The lowest BCUT2D eigenvalue weighted by Gasteiger charge is -2.26. The van der Waals surface area contributed by atoms with Crippen LogP contribution in [0.25, 0.3) is 0 Å². The van der Waals surface area contributed by atoms with Gasteiger partial charge in [0.15, 0.2) is 0 Å². The minimum Gasteiger partial charge on any atom is -0.508 e. The summed E-state index contributed by atoms with van der Waals surface area (Å²) < 4.78 is 0. The first kappa shape index (κ1) is 32.8. The van der Waals surface area contributed by atoms with Crippen LogP contribution in [0.5, 0.6) is 5.75 Å². The largest absolute Gasteiger partial charge is 0.508 e. The predicted molar refractivity (Wildman–Crippen MR) is 144 cm³/mol. The normalized spacial score (nSPS) is 14.3. The lowest BCUT2D eigenvalue weighted by molar-refractivity contribution is -0.143. The van der Waals surface area contributed by atoms with E-state index in [0.29, 0.717) is 38.8 Å². The molecule has 0 aliphatic heterocycles. The summed E-state index contributed by atoms with van der Waals surface area (Å²) >= 11 is 0. The highest BCUT2D eigenvalue weighted by Crippen LogP contribution is 2.12. The molecule has 1 rings (SSSR count). The van der Waals surface area contributed by atoms with Crippen molar-refractivity contribution in [2.24, 2.45) is 23.1 Å². The van der Waals surface area contributed by atoms with Gasteiger partial charge in [0.25, 0.3) is 0 Å². The number of aliphatic carboxylic acids is 1. The third kappa shape index (κ3) is 11.9. The zero-order valence-electron chi connectivity index (χ0n) is 22.3. The highest BCUT2D eigenvalue weighted by Gasteiger charge is 2.31. The molecule has 38 heavy (non-hydrogen) atoms. The van der Waals surface area contributed by atoms with Gasteiger partial charge in [-0.25, -0.2) is 4.79 Å². The summed E-state index contributed by atoms with van der Waals surface area (Å²) in [4.78, 5) is 50.6. The number of nitrogens with one attached hydrogen (secondary N) is 3. The van der Waals surface area contributed by atoms with Crippen molar-refractivity contribution in [1.29, 1.82) is 0 Å². The fourth-order valence-corrected chi connectivity index (χ4v) is 3.82. The van der Waals surface area contributed by atoms with E-state index >= 15 is 0 Å². The van der Waals surface area contributed by atoms with Gasteiger partial charge in [0.05, 0.1) is 6.04 Å². The summed E-state index contributed by atoms with van der Waals surface area (Å²) in [6, 6.07) is 2.25. The Hall–Kier alpha value is -3.22. The van der Waals surface area contributed by atoms with E-state index in [1.807, 2.05) is 0 Å². The Morgan fingerprint density at radius 3 is 1.71 bits per heavy atom. The van der Waals surface area contributed by atoms with E-state index in [1.54, 1.807) is 26.0 Å². The maximum Gasteiger partial charge on any atom is 0.326 e. The maximum atomic E-state index is 13.2. The number of phenolic OH excluding ortho intramolecular Hbond substituents is 1. The fourth-order valence-electron chi connectivity index (χ4n) is 3.82. The number of phenols is 1. The molecular formula is C26H44N6O6. The fraction of sp³-hybridized carbons (Fsp3) is 0.615. The molecule has 0 saturated carbocycles. The first-order chi connectivity index (χ1) is 18.0. The first-order valence-electron chi connectivity index (χ1n) is 13.1. The average molecular weight is 537 g/mol. The molecule has 12 heteroatoms. The third-order valence-electron chi connectivity index (χ3n) is 6.12. The molecule has 0 radical (unpaired) electrons. The van der Waals surface area contributed by atoms with Crippen LogP contribution in [0, 0.1) is 5.92 Å². The van der Waals surface area contributed by atoms with Gasteiger partial charge in [0, 0.05) is 0 Å². The molecule has 4 atom stereocenters. The number of carboxylic acids is 1. The van der Waals surface area contributed by atoms with E-state index in [1.165, 1.54) is 12.1 Å². The van der Waals surface area contributed by atoms with Crippen LogP contribution in [0.4, 0.5) is 0 Å². The van der Waals surface area contributed by atoms with Crippen LogP contribution >= 0.6 is 0 Å². The van der Waals surface area contributed by atoms with Gasteiger partial charge in [-0.05, 0) is 81.6 Å². The highest BCUT2D eigenvalue weighted by atomic mass is 16.4. The number of amides is 3. The predicted octanol–water partition coefficient (Wildman–Crippen LogP) is -0.285. The number of rotatable bonds is 18. The van der Waals surface area contributed by atoms with Crippen molar-refractivity contribution in [1.82, 2.24) is 16.0 Å². The molecule has 0 spiro atoms. The second-order valence-electron chi connectivity index (χ2n) is 9.74. The second kappa shape index (κ2) is 17.3. The standard InChI is InChI=1S/C26H44N6O6/c1-16(2)22(26(37)38)32-25(36)21(8-4-6-14-28)31-24(35)20(7-3-5-13-27)30-23(34)19(29)15-17-9-11-18(33)12-10-17/h9-12,16,19-22,33H,3-8,13-15,27-29H2,1-2H3,(H,30,34)(H,31,35)(H,32,36)(H,37,38). The lowest BCUT2D eigenvalue weighted by atomic mass is 10.0. The summed E-state index contributed by atoms with van der Waals surface area (Å²) in [5, 5.41) is 26.8. The van der Waals surface area contributed by atoms with Crippen molar-refractivity contribution in [3.63, 3.8) is 0 Å². The molecular weight excluding hydrogens is 492 g/mol. The summed E-state index contributed by atoms with van der Waals surface area (Å²) in [7, 11) is 0. The van der Waals surface area contributed by atoms with E-state index in [2.05, 4.69) is 16.0 Å². The van der Waals surface area contributed by atoms with Crippen molar-refractivity contribution in [3.05, 3.63) is 29.8 Å². The van der Waals surface area contributed by atoms with Crippen LogP contribution in [-0.2, 0) is 25.6 Å². The number of carbonyl (C=O) groups is 4. The topological polar surface area (TPSA) is 223 Å². The number of nitrogens with two attached hydrogens (primary N) is 3. The minimum absolute atomic E-state index is 0.0940. The Kier molecular flexibility index (Phi) is 15.0. The van der Waals surface area contributed by atoms with Gasteiger partial charge in [-0.15, -0.1) is 0 Å². The molecule has 1 aromatic rings. The number of benzene rings is 1. The van der Waals surface area contributed by atoms with Crippen molar-refractivity contribution >= 4 is 23.7 Å². The van der Waals surface area contributed by atoms with E-state index in [4.69, 9.17) is 17.2 Å². The van der Waals surface area contributed by atoms with Crippen molar-refractivity contribution in [2.75, 3.05) is 13.1 Å². The van der Waals surface area contributed by atoms with E-state index in [0.717, 1.165) is 5.56 Å². The Balaban J connectivity index is 2.98. The zero-order valence-corrected chi connectivity index (χ0v) is 22.3. The molecule has 1 aromatic carbocycles. The highest BCUT2D eigenvalue weighted by molar-refractivity contribution is 5.94. The Morgan fingerprint density at radius 1 is 0.789 bits per heavy atom. The number of hydrogen-bond acceptors (Lipinski definition) is 8. The first-order valence-corrected chi connectivity index (χ1v) is 13.1. The maximum absolute atomic E-state index is 13.2. The van der Waals surface area contributed by atoms with Crippen LogP contribution in [0.2, 0.25) is 0 Å². The number of carbonyl (C=O) groups excluding carboxylic acids is 3. The third-order valence-corrected chi connectivity index (χ3v) is 6.12. The van der Waals surface area contributed by atoms with Crippen molar-refractivity contribution in [2.45, 2.75) is 83.0 Å². The van der Waals surface area contributed by atoms with Crippen LogP contribution in [0.3, 0.4) is 0 Å². The van der Waals surface area contributed by atoms with E-state index in [9.17, 15) is 29.4 Å². The molecule has 0 saturated heterocycles. The molecule has 0 aromatic heterocycles. The smallest absolute Gasteiger partial charge is 0.326 e. The molecule has 0 fully saturated rings. The number of hydrogen-bond donors (Lipinski definition) is 8. The van der Waals surface area contributed by atoms with Crippen molar-refractivity contribution in [3.8, 4) is 5.75 Å². The number of aromatic hydroxyl groups is 1. The summed E-state index contributed by atoms with van der Waals surface area (Å²) in [6.45, 7) is 4.16. The van der Waals surface area contributed by atoms with E-state index < -0.39 is 47.9 Å². The monoisotopic (exact) mass is 536 g/mol. The molecule has 0 aliphatic carbocycles. The number of carboxylic acid groups (broad SMARTS) is 1. The zero-order chi connectivity index (χ0) is 28.7. The van der Waals surface area contributed by atoms with Crippen LogP contribution in [0.1, 0.15) is 57.9 Å². The molecule has 11 N–H and O–H groups in total. The number of unbranched alkanes of at least 4 members (excludes halogenated alkanes) is 2.